The van der Waals surface area contributed by atoms with Crippen LogP contribution in [0.3, 0.4) is 0 Å². The van der Waals surface area contributed by atoms with Crippen LogP contribution < -0.4 is 4.90 Å². The second kappa shape index (κ2) is 4.49. The zero-order chi connectivity index (χ0) is 12.6. The van der Waals surface area contributed by atoms with Gasteiger partial charge in [0.15, 0.2) is 5.13 Å². The molecule has 0 spiro atoms. The molecule has 1 fully saturated rings. The molecule has 1 aromatic heterocycles. The lowest BCUT2D eigenvalue weighted by molar-refractivity contribution is 0.0701. The summed E-state index contributed by atoms with van der Waals surface area (Å²) in [4.78, 5) is 17.9. The molecule has 0 unspecified atom stereocenters. The number of hydrogen-bond donors (Lipinski definition) is 1. The summed E-state index contributed by atoms with van der Waals surface area (Å²) in [6.45, 7) is 8.04. The van der Waals surface area contributed by atoms with E-state index >= 15 is 0 Å². The van der Waals surface area contributed by atoms with Crippen molar-refractivity contribution in [3.05, 3.63) is 10.6 Å². The Morgan fingerprint density at radius 1 is 1.53 bits per heavy atom. The number of carboxylic acid groups (broad SMARTS) is 1. The van der Waals surface area contributed by atoms with Gasteiger partial charge >= 0.3 is 5.97 Å². The fraction of sp³-hybridized carbons (Fsp3) is 0.636. The fourth-order valence-corrected chi connectivity index (χ4v) is 3.94. The van der Waals surface area contributed by atoms with Crippen molar-refractivity contribution in [1.82, 2.24) is 4.98 Å². The molecule has 1 aliphatic rings. The Kier molecular flexibility index (Phi) is 3.36. The van der Waals surface area contributed by atoms with Gasteiger partial charge in [-0.1, -0.05) is 11.3 Å². The molecule has 17 heavy (non-hydrogen) atoms. The zero-order valence-corrected chi connectivity index (χ0v) is 11.8. The molecule has 0 atom stereocenters. The fourth-order valence-electron chi connectivity index (χ4n) is 1.90. The first-order valence-electron chi connectivity index (χ1n) is 5.49. The van der Waals surface area contributed by atoms with Gasteiger partial charge in [0.05, 0.1) is 5.69 Å². The van der Waals surface area contributed by atoms with Crippen LogP contribution >= 0.6 is 23.1 Å². The summed E-state index contributed by atoms with van der Waals surface area (Å²) in [5.74, 6) is 0.186. The molecule has 4 nitrogen and oxygen atoms in total. The van der Waals surface area contributed by atoms with E-state index in [2.05, 4.69) is 23.7 Å². The Bertz CT molecular complexity index is 443. The number of aryl methyl sites for hydroxylation is 1. The number of anilines is 1. The van der Waals surface area contributed by atoms with Crippen molar-refractivity contribution in [2.75, 3.05) is 23.7 Å². The largest absolute Gasteiger partial charge is 0.477 e. The first kappa shape index (κ1) is 12.7. The minimum atomic E-state index is -0.878. The summed E-state index contributed by atoms with van der Waals surface area (Å²) in [7, 11) is 0. The van der Waals surface area contributed by atoms with Gasteiger partial charge in [0.25, 0.3) is 0 Å². The summed E-state index contributed by atoms with van der Waals surface area (Å²) in [5.41, 5.74) is 0.619. The number of thiazole rings is 1. The lowest BCUT2D eigenvalue weighted by Gasteiger charge is -2.37. The molecule has 0 bridgehead atoms. The Labute approximate surface area is 109 Å². The third-order valence-corrected chi connectivity index (χ3v) is 5.18. The van der Waals surface area contributed by atoms with Crippen LogP contribution in [0.5, 0.6) is 0 Å². The van der Waals surface area contributed by atoms with Gasteiger partial charge in [-0.05, 0) is 20.8 Å². The minimum absolute atomic E-state index is 0.210. The molecule has 6 heteroatoms. The molecule has 1 aromatic rings. The normalized spacial score (nSPS) is 19.4. The van der Waals surface area contributed by atoms with Crippen LogP contribution in [-0.2, 0) is 0 Å². The number of aromatic nitrogens is 1. The number of nitrogens with zero attached hydrogens (tertiary/aromatic N) is 2. The third kappa shape index (κ3) is 2.74. The molecule has 2 rings (SSSR count). The number of hydrogen-bond acceptors (Lipinski definition) is 5. The van der Waals surface area contributed by atoms with E-state index in [1.807, 2.05) is 11.8 Å². The molecule has 1 aliphatic heterocycles. The molecule has 94 valence electrons. The Morgan fingerprint density at radius 2 is 2.24 bits per heavy atom. The number of carbonyl (C=O) groups is 1. The molecule has 0 radical (unpaired) electrons. The summed E-state index contributed by atoms with van der Waals surface area (Å²) in [6, 6.07) is 0. The quantitative estimate of drug-likeness (QED) is 0.896. The van der Waals surface area contributed by atoms with Gasteiger partial charge in [-0.3, -0.25) is 0 Å². The standard InChI is InChI=1S/C11H16N2O2S2/c1-7-8(9(14)15)17-10(12-7)13-4-5-16-11(2,3)6-13/h4-6H2,1-3H3,(H,14,15). The van der Waals surface area contributed by atoms with Crippen molar-refractivity contribution in [2.24, 2.45) is 0 Å². The summed E-state index contributed by atoms with van der Waals surface area (Å²) in [5, 5.41) is 9.87. The van der Waals surface area contributed by atoms with E-state index in [4.69, 9.17) is 5.11 Å². The maximum atomic E-state index is 11.0. The predicted molar refractivity (Wildman–Crippen MR) is 72.6 cm³/mol. The van der Waals surface area contributed by atoms with E-state index in [1.165, 1.54) is 11.3 Å². The number of carboxylic acids is 1. The van der Waals surface area contributed by atoms with Crippen LogP contribution in [0.4, 0.5) is 5.13 Å². The van der Waals surface area contributed by atoms with Gasteiger partial charge in [0.2, 0.25) is 0 Å². The van der Waals surface area contributed by atoms with E-state index in [9.17, 15) is 4.79 Å². The van der Waals surface area contributed by atoms with Crippen molar-refractivity contribution in [3.8, 4) is 0 Å². The monoisotopic (exact) mass is 272 g/mol. The second-order valence-electron chi connectivity index (χ2n) is 4.75. The molecule has 2 heterocycles. The molecular weight excluding hydrogens is 256 g/mol. The van der Waals surface area contributed by atoms with Gasteiger partial charge in [-0.2, -0.15) is 11.8 Å². The summed E-state index contributed by atoms with van der Waals surface area (Å²) < 4.78 is 0.210. The lowest BCUT2D eigenvalue weighted by Crippen LogP contribution is -2.43. The molecular formula is C11H16N2O2S2. The SMILES string of the molecule is Cc1nc(N2CCSC(C)(C)C2)sc1C(=O)O. The second-order valence-corrected chi connectivity index (χ2v) is 7.53. The average Bonchev–Trinajstić information content (AvgIpc) is 2.59. The first-order valence-corrected chi connectivity index (χ1v) is 7.29. The van der Waals surface area contributed by atoms with Crippen LogP contribution in [0.1, 0.15) is 29.2 Å². The van der Waals surface area contributed by atoms with Crippen molar-refractivity contribution in [2.45, 2.75) is 25.5 Å². The number of rotatable bonds is 2. The lowest BCUT2D eigenvalue weighted by atomic mass is 10.2. The van der Waals surface area contributed by atoms with Gasteiger partial charge in [-0.25, -0.2) is 9.78 Å². The predicted octanol–water partition coefficient (Wildman–Crippen LogP) is 2.48. The molecule has 0 amide bonds. The highest BCUT2D eigenvalue weighted by Gasteiger charge is 2.29. The smallest absolute Gasteiger partial charge is 0.347 e. The highest BCUT2D eigenvalue weighted by molar-refractivity contribution is 8.00. The van der Waals surface area contributed by atoms with E-state index in [1.54, 1.807) is 6.92 Å². The van der Waals surface area contributed by atoms with E-state index in [0.717, 1.165) is 24.0 Å². The Morgan fingerprint density at radius 3 is 2.76 bits per heavy atom. The minimum Gasteiger partial charge on any atom is -0.477 e. The van der Waals surface area contributed by atoms with Crippen molar-refractivity contribution >= 4 is 34.2 Å². The maximum absolute atomic E-state index is 11.0. The van der Waals surface area contributed by atoms with Gasteiger partial charge < -0.3 is 10.0 Å². The summed E-state index contributed by atoms with van der Waals surface area (Å²) >= 11 is 3.24. The maximum Gasteiger partial charge on any atom is 0.347 e. The van der Waals surface area contributed by atoms with Crippen LogP contribution in [0.15, 0.2) is 0 Å². The molecule has 0 saturated carbocycles. The Balaban J connectivity index is 2.22. The highest BCUT2D eigenvalue weighted by atomic mass is 32.2. The molecule has 0 aliphatic carbocycles. The topological polar surface area (TPSA) is 53.4 Å². The van der Waals surface area contributed by atoms with Crippen molar-refractivity contribution in [1.29, 1.82) is 0 Å². The van der Waals surface area contributed by atoms with Crippen molar-refractivity contribution in [3.63, 3.8) is 0 Å². The van der Waals surface area contributed by atoms with Gasteiger partial charge in [0.1, 0.15) is 4.88 Å². The van der Waals surface area contributed by atoms with E-state index < -0.39 is 5.97 Å². The average molecular weight is 272 g/mol. The van der Waals surface area contributed by atoms with E-state index in [-0.39, 0.29) is 4.75 Å². The zero-order valence-electron chi connectivity index (χ0n) is 10.2. The highest BCUT2D eigenvalue weighted by Crippen LogP contribution is 2.34. The van der Waals surface area contributed by atoms with E-state index in [0.29, 0.717) is 10.6 Å². The van der Waals surface area contributed by atoms with Gasteiger partial charge in [0, 0.05) is 23.6 Å². The Hall–Kier alpha value is -0.750. The van der Waals surface area contributed by atoms with Crippen LogP contribution in [0.2, 0.25) is 0 Å². The molecule has 1 N–H and O–H groups in total. The summed E-state index contributed by atoms with van der Waals surface area (Å²) in [6.07, 6.45) is 0. The number of aromatic carboxylic acids is 1. The molecule has 1 saturated heterocycles. The van der Waals surface area contributed by atoms with Crippen LogP contribution in [0, 0.1) is 6.92 Å². The van der Waals surface area contributed by atoms with Crippen LogP contribution in [0.25, 0.3) is 0 Å². The molecule has 0 aromatic carbocycles. The van der Waals surface area contributed by atoms with Crippen molar-refractivity contribution < 1.29 is 9.90 Å². The third-order valence-electron chi connectivity index (χ3n) is 2.68. The first-order chi connectivity index (χ1) is 7.89. The number of thioether (sulfide) groups is 1. The van der Waals surface area contributed by atoms with Crippen LogP contribution in [-0.4, -0.2) is 39.6 Å². The van der Waals surface area contributed by atoms with Gasteiger partial charge in [-0.15, -0.1) is 0 Å².